The van der Waals surface area contributed by atoms with Crippen molar-refractivity contribution in [2.24, 2.45) is 5.41 Å². The highest BCUT2D eigenvalue weighted by Crippen LogP contribution is 2.47. The molecule has 1 N–H and O–H groups in total. The van der Waals surface area contributed by atoms with Crippen molar-refractivity contribution in [1.29, 1.82) is 0 Å². The van der Waals surface area contributed by atoms with Crippen molar-refractivity contribution < 1.29 is 14.3 Å². The molecular formula is C10H10BrNO3S. The number of hydrogen-bond acceptors (Lipinski definition) is 4. The van der Waals surface area contributed by atoms with Crippen LogP contribution >= 0.6 is 27.3 Å². The molecule has 0 spiro atoms. The molecule has 0 saturated heterocycles. The fourth-order valence-electron chi connectivity index (χ4n) is 1.45. The molecule has 6 heteroatoms. The van der Waals surface area contributed by atoms with E-state index in [0.29, 0.717) is 12.8 Å². The first-order chi connectivity index (χ1) is 7.58. The van der Waals surface area contributed by atoms with Gasteiger partial charge in [0.2, 0.25) is 5.91 Å². The first-order valence-corrected chi connectivity index (χ1v) is 6.40. The molecule has 0 unspecified atom stereocenters. The molecule has 0 aromatic carbocycles. The first-order valence-electron chi connectivity index (χ1n) is 4.72. The molecule has 2 rings (SSSR count). The average Bonchev–Trinajstić information content (AvgIpc) is 2.98. The van der Waals surface area contributed by atoms with Crippen LogP contribution in [0.4, 0.5) is 5.00 Å². The van der Waals surface area contributed by atoms with Crippen LogP contribution in [-0.2, 0) is 14.3 Å². The number of carbonyl (C=O) groups is 2. The van der Waals surface area contributed by atoms with E-state index in [9.17, 15) is 9.59 Å². The average molecular weight is 304 g/mol. The van der Waals surface area contributed by atoms with Crippen LogP contribution in [0.2, 0.25) is 0 Å². The largest absolute Gasteiger partial charge is 0.468 e. The normalized spacial score (nSPS) is 16.6. The van der Waals surface area contributed by atoms with Crippen molar-refractivity contribution in [2.75, 3.05) is 12.4 Å². The van der Waals surface area contributed by atoms with Crippen molar-refractivity contribution in [3.8, 4) is 0 Å². The van der Waals surface area contributed by atoms with Crippen LogP contribution in [0.5, 0.6) is 0 Å². The molecule has 4 nitrogen and oxygen atoms in total. The van der Waals surface area contributed by atoms with Gasteiger partial charge in [0.05, 0.1) is 12.1 Å². The fourth-order valence-corrected chi connectivity index (χ4v) is 2.77. The lowest BCUT2D eigenvalue weighted by atomic mass is 10.1. The predicted molar refractivity (Wildman–Crippen MR) is 64.3 cm³/mol. The number of methoxy groups -OCH3 is 1. The monoisotopic (exact) mass is 303 g/mol. The van der Waals surface area contributed by atoms with E-state index in [4.69, 9.17) is 0 Å². The topological polar surface area (TPSA) is 55.4 Å². The minimum absolute atomic E-state index is 0.270. The highest BCUT2D eigenvalue weighted by atomic mass is 79.9. The molecule has 1 aliphatic rings. The zero-order valence-electron chi connectivity index (χ0n) is 8.58. The van der Waals surface area contributed by atoms with Gasteiger partial charge in [-0.3, -0.25) is 9.59 Å². The van der Waals surface area contributed by atoms with Gasteiger partial charge in [0.25, 0.3) is 0 Å². The Hall–Kier alpha value is -0.880. The Morgan fingerprint density at radius 3 is 2.69 bits per heavy atom. The second-order valence-corrected chi connectivity index (χ2v) is 5.48. The summed E-state index contributed by atoms with van der Waals surface area (Å²) in [6.07, 6.45) is 1.14. The highest BCUT2D eigenvalue weighted by Gasteiger charge is 2.57. The van der Waals surface area contributed by atoms with Gasteiger partial charge in [0.15, 0.2) is 0 Å². The lowest BCUT2D eigenvalue weighted by Crippen LogP contribution is -2.32. The Morgan fingerprint density at radius 1 is 1.56 bits per heavy atom. The first kappa shape index (κ1) is 11.6. The summed E-state index contributed by atoms with van der Waals surface area (Å²) in [7, 11) is 1.30. The number of thiophene rings is 1. The summed E-state index contributed by atoms with van der Waals surface area (Å²) in [6.45, 7) is 0. The van der Waals surface area contributed by atoms with E-state index in [0.717, 1.165) is 9.47 Å². The summed E-state index contributed by atoms with van der Waals surface area (Å²) < 4.78 is 5.55. The molecular weight excluding hydrogens is 294 g/mol. The molecule has 0 atom stereocenters. The number of rotatable bonds is 3. The molecule has 0 aliphatic heterocycles. The summed E-state index contributed by atoms with van der Waals surface area (Å²) in [6, 6.07) is 1.80. The molecule has 1 fully saturated rings. The van der Waals surface area contributed by atoms with Crippen LogP contribution in [0.15, 0.2) is 15.9 Å². The Morgan fingerprint density at radius 2 is 2.25 bits per heavy atom. The van der Waals surface area contributed by atoms with E-state index < -0.39 is 11.4 Å². The minimum Gasteiger partial charge on any atom is -0.468 e. The van der Waals surface area contributed by atoms with Gasteiger partial charge < -0.3 is 10.1 Å². The molecule has 86 valence electrons. The van der Waals surface area contributed by atoms with Gasteiger partial charge >= 0.3 is 5.97 Å². The summed E-state index contributed by atoms with van der Waals surface area (Å²) in [4.78, 5) is 23.3. The van der Waals surface area contributed by atoms with Crippen LogP contribution in [0.3, 0.4) is 0 Å². The molecule has 1 aromatic rings. The maximum Gasteiger partial charge on any atom is 0.321 e. The molecule has 0 bridgehead atoms. The van der Waals surface area contributed by atoms with Crippen LogP contribution in [0, 0.1) is 5.41 Å². The van der Waals surface area contributed by atoms with E-state index in [-0.39, 0.29) is 5.91 Å². The number of esters is 1. The summed E-state index contributed by atoms with van der Waals surface area (Å²) in [5.74, 6) is -0.714. The van der Waals surface area contributed by atoms with E-state index >= 15 is 0 Å². The third-order valence-corrected chi connectivity index (χ3v) is 4.17. The van der Waals surface area contributed by atoms with Gasteiger partial charge in [-0.1, -0.05) is 0 Å². The standard InChI is InChI=1S/C10H10BrNO3S/c1-15-9(14)10(2-3-10)8(13)12-7-4-6(11)5-16-7/h4-5H,2-3H2,1H3,(H,12,13). The molecule has 0 radical (unpaired) electrons. The second-order valence-electron chi connectivity index (χ2n) is 3.66. The third kappa shape index (κ3) is 1.99. The number of amides is 1. The maximum atomic E-state index is 11.9. The Labute approximate surface area is 105 Å². The number of halogens is 1. The number of anilines is 1. The lowest BCUT2D eigenvalue weighted by molar-refractivity contribution is -0.150. The summed E-state index contributed by atoms with van der Waals surface area (Å²) in [5, 5.41) is 5.33. The quantitative estimate of drug-likeness (QED) is 0.689. The van der Waals surface area contributed by atoms with Gasteiger partial charge in [0.1, 0.15) is 5.41 Å². The van der Waals surface area contributed by atoms with Crippen LogP contribution in [-0.4, -0.2) is 19.0 Å². The molecule has 1 saturated carbocycles. The lowest BCUT2D eigenvalue weighted by Gasteiger charge is -2.11. The maximum absolute atomic E-state index is 11.9. The molecule has 16 heavy (non-hydrogen) atoms. The Bertz CT molecular complexity index is 439. The van der Waals surface area contributed by atoms with Crippen molar-refractivity contribution in [2.45, 2.75) is 12.8 Å². The van der Waals surface area contributed by atoms with Crippen molar-refractivity contribution in [3.05, 3.63) is 15.9 Å². The molecule has 1 heterocycles. The SMILES string of the molecule is COC(=O)C1(C(=O)Nc2cc(Br)cs2)CC1. The molecule has 1 aliphatic carbocycles. The number of nitrogens with one attached hydrogen (secondary N) is 1. The zero-order chi connectivity index (χ0) is 11.8. The number of hydrogen-bond donors (Lipinski definition) is 1. The smallest absolute Gasteiger partial charge is 0.321 e. The Balaban J connectivity index is 2.06. The fraction of sp³-hybridized carbons (Fsp3) is 0.400. The second kappa shape index (κ2) is 4.18. The number of carbonyl (C=O) groups excluding carboxylic acids is 2. The molecule has 1 aromatic heterocycles. The van der Waals surface area contributed by atoms with Crippen LogP contribution in [0.25, 0.3) is 0 Å². The van der Waals surface area contributed by atoms with E-state index in [1.165, 1.54) is 18.4 Å². The van der Waals surface area contributed by atoms with E-state index in [1.807, 2.05) is 5.38 Å². The Kier molecular flexibility index (Phi) is 3.03. The summed E-state index contributed by atoms with van der Waals surface area (Å²) >= 11 is 4.71. The van der Waals surface area contributed by atoms with Crippen molar-refractivity contribution in [3.63, 3.8) is 0 Å². The number of ether oxygens (including phenoxy) is 1. The van der Waals surface area contributed by atoms with Gasteiger partial charge in [-0.15, -0.1) is 11.3 Å². The van der Waals surface area contributed by atoms with Gasteiger partial charge in [-0.05, 0) is 34.8 Å². The van der Waals surface area contributed by atoms with E-state index in [1.54, 1.807) is 6.07 Å². The van der Waals surface area contributed by atoms with E-state index in [2.05, 4.69) is 26.0 Å². The summed E-state index contributed by atoms with van der Waals surface area (Å²) in [5.41, 5.74) is -0.939. The van der Waals surface area contributed by atoms with Gasteiger partial charge in [-0.25, -0.2) is 0 Å². The minimum atomic E-state index is -0.939. The van der Waals surface area contributed by atoms with Crippen molar-refractivity contribution in [1.82, 2.24) is 0 Å². The predicted octanol–water partition coefficient (Wildman–Crippen LogP) is 2.40. The zero-order valence-corrected chi connectivity index (χ0v) is 11.0. The van der Waals surface area contributed by atoms with Gasteiger partial charge in [0, 0.05) is 9.85 Å². The van der Waals surface area contributed by atoms with Gasteiger partial charge in [-0.2, -0.15) is 0 Å². The van der Waals surface area contributed by atoms with Crippen LogP contribution < -0.4 is 5.32 Å². The highest BCUT2D eigenvalue weighted by molar-refractivity contribution is 9.10. The third-order valence-electron chi connectivity index (χ3n) is 2.56. The molecule has 1 amide bonds. The van der Waals surface area contributed by atoms with Crippen LogP contribution in [0.1, 0.15) is 12.8 Å². The van der Waals surface area contributed by atoms with Crippen molar-refractivity contribution >= 4 is 44.1 Å².